The summed E-state index contributed by atoms with van der Waals surface area (Å²) in [6.07, 6.45) is 14.0. The number of hydrogen-bond acceptors (Lipinski definition) is 0. The van der Waals surface area contributed by atoms with Gasteiger partial charge in [0.25, 0.3) is 0 Å². The summed E-state index contributed by atoms with van der Waals surface area (Å²) in [6, 6.07) is 28.4. The lowest BCUT2D eigenvalue weighted by molar-refractivity contribution is -0.688. The van der Waals surface area contributed by atoms with Gasteiger partial charge in [-0.2, -0.15) is 0 Å². The van der Waals surface area contributed by atoms with Gasteiger partial charge in [-0.25, -0.2) is 18.3 Å². The van der Waals surface area contributed by atoms with Gasteiger partial charge in [0.05, 0.1) is 0 Å². The Bertz CT molecular complexity index is 1310. The van der Waals surface area contributed by atoms with Gasteiger partial charge in [0.2, 0.25) is 12.7 Å². The topological polar surface area (TPSA) is 17.6 Å². The van der Waals surface area contributed by atoms with Crippen molar-refractivity contribution in [3.63, 3.8) is 0 Å². The highest BCUT2D eigenvalue weighted by molar-refractivity contribution is 5.23. The lowest BCUT2D eigenvalue weighted by atomic mass is 10.1. The first-order chi connectivity index (χ1) is 16.7. The standard InChI is InChI=1S/C30H32N4/c1-2-26-8-10-28(11-9-26)21-32-18-19-34(25-32)23-30-14-12-29(13-15-30)22-33-17-16-31(24-33)20-27-6-4-3-5-7-27/h3-19,24-25H,2,20-23H2,1H3/q+2. The zero-order valence-corrected chi connectivity index (χ0v) is 19.8. The van der Waals surface area contributed by atoms with Crippen LogP contribution in [0.25, 0.3) is 0 Å². The van der Waals surface area contributed by atoms with Gasteiger partial charge >= 0.3 is 0 Å². The van der Waals surface area contributed by atoms with Gasteiger partial charge in [-0.3, -0.25) is 0 Å². The molecule has 4 nitrogen and oxygen atoms in total. The minimum absolute atomic E-state index is 0.877. The Morgan fingerprint density at radius 2 is 0.971 bits per heavy atom. The lowest BCUT2D eigenvalue weighted by Gasteiger charge is -2.02. The minimum Gasteiger partial charge on any atom is -0.233 e. The fourth-order valence-electron chi connectivity index (χ4n) is 4.31. The third-order valence-corrected chi connectivity index (χ3v) is 6.25. The van der Waals surface area contributed by atoms with E-state index in [2.05, 4.69) is 141 Å². The molecule has 5 aromatic rings. The van der Waals surface area contributed by atoms with Crippen molar-refractivity contribution in [2.24, 2.45) is 0 Å². The highest BCUT2D eigenvalue weighted by atomic mass is 15.1. The van der Waals surface area contributed by atoms with Gasteiger partial charge < -0.3 is 0 Å². The molecular weight excluding hydrogens is 416 g/mol. The molecule has 0 aliphatic carbocycles. The Morgan fingerprint density at radius 1 is 0.529 bits per heavy atom. The third-order valence-electron chi connectivity index (χ3n) is 6.25. The minimum atomic E-state index is 0.877. The molecule has 0 N–H and O–H groups in total. The van der Waals surface area contributed by atoms with Crippen molar-refractivity contribution in [2.45, 2.75) is 39.5 Å². The van der Waals surface area contributed by atoms with Gasteiger partial charge in [0.15, 0.2) is 0 Å². The third kappa shape index (κ3) is 5.70. The van der Waals surface area contributed by atoms with Crippen LogP contribution in [0.1, 0.15) is 34.7 Å². The van der Waals surface area contributed by atoms with Crippen molar-refractivity contribution in [3.05, 3.63) is 144 Å². The van der Waals surface area contributed by atoms with Crippen molar-refractivity contribution in [1.29, 1.82) is 0 Å². The zero-order valence-electron chi connectivity index (χ0n) is 19.8. The van der Waals surface area contributed by atoms with Crippen LogP contribution in [0.4, 0.5) is 0 Å². The molecule has 0 radical (unpaired) electrons. The second-order valence-electron chi connectivity index (χ2n) is 8.99. The highest BCUT2D eigenvalue weighted by Crippen LogP contribution is 2.09. The van der Waals surface area contributed by atoms with Gasteiger partial charge in [-0.05, 0) is 34.2 Å². The van der Waals surface area contributed by atoms with E-state index in [1.54, 1.807) is 0 Å². The Labute approximate surface area is 202 Å². The fourth-order valence-corrected chi connectivity index (χ4v) is 4.31. The molecular formula is C30H32N4+2. The molecule has 0 aliphatic heterocycles. The average Bonchev–Trinajstić information content (AvgIpc) is 3.50. The summed E-state index contributed by atoms with van der Waals surface area (Å²) in [6.45, 7) is 5.74. The van der Waals surface area contributed by atoms with E-state index in [4.69, 9.17) is 0 Å². The van der Waals surface area contributed by atoms with Crippen LogP contribution in [0.15, 0.2) is 116 Å². The van der Waals surface area contributed by atoms with E-state index in [1.165, 1.54) is 27.8 Å². The summed E-state index contributed by atoms with van der Waals surface area (Å²) in [5.41, 5.74) is 6.66. The Hall–Kier alpha value is -3.92. The molecule has 0 amide bonds. The van der Waals surface area contributed by atoms with Crippen molar-refractivity contribution in [3.8, 4) is 0 Å². The van der Waals surface area contributed by atoms with Crippen LogP contribution in [-0.2, 0) is 32.6 Å². The molecule has 3 aromatic carbocycles. The van der Waals surface area contributed by atoms with Gasteiger partial charge in [0, 0.05) is 0 Å². The molecule has 2 heterocycles. The van der Waals surface area contributed by atoms with Crippen LogP contribution in [0.3, 0.4) is 0 Å². The number of aryl methyl sites for hydroxylation is 1. The van der Waals surface area contributed by atoms with E-state index >= 15 is 0 Å². The SMILES string of the molecule is CCc1ccc(C[n+]2ccn(Cc3ccc(Cn4cc[n+](Cc5ccccc5)c4)cc3)c2)cc1. The number of nitrogens with zero attached hydrogens (tertiary/aromatic N) is 4. The van der Waals surface area contributed by atoms with Crippen LogP contribution in [0.2, 0.25) is 0 Å². The molecule has 34 heavy (non-hydrogen) atoms. The van der Waals surface area contributed by atoms with E-state index in [0.717, 1.165) is 32.6 Å². The second kappa shape index (κ2) is 10.3. The normalized spacial score (nSPS) is 11.1. The van der Waals surface area contributed by atoms with E-state index in [0.29, 0.717) is 0 Å². The molecule has 0 fully saturated rings. The molecule has 0 spiro atoms. The van der Waals surface area contributed by atoms with E-state index in [1.807, 2.05) is 0 Å². The molecule has 2 aromatic heterocycles. The predicted octanol–water partition coefficient (Wildman–Crippen LogP) is 4.62. The van der Waals surface area contributed by atoms with Crippen molar-refractivity contribution in [2.75, 3.05) is 0 Å². The van der Waals surface area contributed by atoms with Crippen LogP contribution < -0.4 is 9.13 Å². The first kappa shape index (κ1) is 21.9. The van der Waals surface area contributed by atoms with Crippen molar-refractivity contribution in [1.82, 2.24) is 9.13 Å². The number of aromatic nitrogens is 4. The maximum absolute atomic E-state index is 2.24. The average molecular weight is 449 g/mol. The smallest absolute Gasteiger partial charge is 0.233 e. The highest BCUT2D eigenvalue weighted by Gasteiger charge is 2.08. The summed E-state index contributed by atoms with van der Waals surface area (Å²) in [4.78, 5) is 0. The Kier molecular flexibility index (Phi) is 6.66. The fraction of sp³-hybridized carbons (Fsp3) is 0.200. The number of imidazole rings is 2. The largest absolute Gasteiger partial charge is 0.244 e. The quantitative estimate of drug-likeness (QED) is 0.293. The van der Waals surface area contributed by atoms with Crippen LogP contribution in [0, 0.1) is 0 Å². The first-order valence-corrected chi connectivity index (χ1v) is 12.0. The first-order valence-electron chi connectivity index (χ1n) is 12.0. The van der Waals surface area contributed by atoms with Crippen LogP contribution >= 0.6 is 0 Å². The second-order valence-corrected chi connectivity index (χ2v) is 8.99. The summed E-state index contributed by atoms with van der Waals surface area (Å²) in [5.74, 6) is 0. The lowest BCUT2D eigenvalue weighted by Crippen LogP contribution is -2.31. The molecule has 5 rings (SSSR count). The van der Waals surface area contributed by atoms with E-state index < -0.39 is 0 Å². The van der Waals surface area contributed by atoms with Crippen molar-refractivity contribution < 1.29 is 9.13 Å². The summed E-state index contributed by atoms with van der Waals surface area (Å²) < 4.78 is 8.95. The number of rotatable bonds is 9. The van der Waals surface area contributed by atoms with Gasteiger partial charge in [-0.15, -0.1) is 0 Å². The molecule has 0 aliphatic rings. The molecule has 0 bridgehead atoms. The molecule has 0 unspecified atom stereocenters. The predicted molar refractivity (Wildman–Crippen MR) is 134 cm³/mol. The maximum Gasteiger partial charge on any atom is 0.244 e. The Balaban J connectivity index is 1.16. The van der Waals surface area contributed by atoms with E-state index in [-0.39, 0.29) is 0 Å². The maximum atomic E-state index is 2.24. The zero-order chi connectivity index (χ0) is 23.2. The molecule has 4 heteroatoms. The molecule has 0 saturated heterocycles. The summed E-state index contributed by atoms with van der Waals surface area (Å²) in [7, 11) is 0. The van der Waals surface area contributed by atoms with Crippen LogP contribution in [-0.4, -0.2) is 9.13 Å². The van der Waals surface area contributed by atoms with Gasteiger partial charge in [0.1, 0.15) is 51.0 Å². The Morgan fingerprint density at radius 3 is 1.47 bits per heavy atom. The van der Waals surface area contributed by atoms with E-state index in [9.17, 15) is 0 Å². The van der Waals surface area contributed by atoms with Crippen molar-refractivity contribution >= 4 is 0 Å². The monoisotopic (exact) mass is 448 g/mol. The summed E-state index contributed by atoms with van der Waals surface area (Å²) >= 11 is 0. The van der Waals surface area contributed by atoms with Crippen LogP contribution in [0.5, 0.6) is 0 Å². The number of hydrogen-bond donors (Lipinski definition) is 0. The molecule has 0 atom stereocenters. The summed E-state index contributed by atoms with van der Waals surface area (Å²) in [5, 5.41) is 0. The molecule has 170 valence electrons. The molecule has 0 saturated carbocycles. The van der Waals surface area contributed by atoms with Gasteiger partial charge in [-0.1, -0.05) is 85.8 Å². The number of benzene rings is 3.